The summed E-state index contributed by atoms with van der Waals surface area (Å²) in [6, 6.07) is 14.5. The monoisotopic (exact) mass is 412 g/mol. The molecule has 150 valence electrons. The molecule has 29 heavy (non-hydrogen) atoms. The Morgan fingerprint density at radius 3 is 2.59 bits per heavy atom. The van der Waals surface area contributed by atoms with Crippen LogP contribution in [0.2, 0.25) is 5.02 Å². The minimum absolute atomic E-state index is 0.143. The third kappa shape index (κ3) is 5.23. The van der Waals surface area contributed by atoms with Gasteiger partial charge in [-0.05, 0) is 49.2 Å². The normalized spacial score (nSPS) is 14.9. The Morgan fingerprint density at radius 2 is 1.90 bits per heavy atom. The quantitative estimate of drug-likeness (QED) is 0.507. The van der Waals surface area contributed by atoms with E-state index in [0.29, 0.717) is 35.2 Å². The summed E-state index contributed by atoms with van der Waals surface area (Å²) >= 11 is 6.19. The number of hydrogen-bond acceptors (Lipinski definition) is 5. The van der Waals surface area contributed by atoms with Crippen LogP contribution < -0.4 is 4.74 Å². The highest BCUT2D eigenvalue weighted by molar-refractivity contribution is 6.31. The van der Waals surface area contributed by atoms with Gasteiger partial charge in [0, 0.05) is 5.02 Å². The molecule has 0 spiro atoms. The zero-order valence-corrected chi connectivity index (χ0v) is 17.0. The van der Waals surface area contributed by atoms with Gasteiger partial charge in [-0.2, -0.15) is 5.10 Å². The second kappa shape index (κ2) is 9.39. The Bertz CT molecular complexity index is 967. The SMILES string of the molecule is CCOC(=O)COc1ccc(/C=C2\C(=O)N(Cc3ccccc3Cl)N=C2C)cc1. The summed E-state index contributed by atoms with van der Waals surface area (Å²) in [4.78, 5) is 24.1. The maximum absolute atomic E-state index is 12.8. The first-order valence-corrected chi connectivity index (χ1v) is 9.56. The summed E-state index contributed by atoms with van der Waals surface area (Å²) in [5.74, 6) is -0.0468. The first-order valence-electron chi connectivity index (χ1n) is 9.19. The van der Waals surface area contributed by atoms with Gasteiger partial charge in [0.1, 0.15) is 5.75 Å². The van der Waals surface area contributed by atoms with E-state index in [1.165, 1.54) is 5.01 Å². The van der Waals surface area contributed by atoms with Crippen LogP contribution in [0.5, 0.6) is 5.75 Å². The number of carbonyl (C=O) groups excluding carboxylic acids is 2. The fourth-order valence-corrected chi connectivity index (χ4v) is 3.00. The predicted octanol–water partition coefficient (Wildman–Crippen LogP) is 4.08. The minimum Gasteiger partial charge on any atom is -0.482 e. The van der Waals surface area contributed by atoms with Crippen LogP contribution in [0.1, 0.15) is 25.0 Å². The van der Waals surface area contributed by atoms with Crippen molar-refractivity contribution in [1.29, 1.82) is 0 Å². The van der Waals surface area contributed by atoms with E-state index in [1.807, 2.05) is 30.3 Å². The van der Waals surface area contributed by atoms with E-state index in [1.54, 1.807) is 38.1 Å². The highest BCUT2D eigenvalue weighted by Crippen LogP contribution is 2.24. The Hall–Kier alpha value is -3.12. The second-order valence-electron chi connectivity index (χ2n) is 6.36. The van der Waals surface area contributed by atoms with Crippen molar-refractivity contribution in [3.63, 3.8) is 0 Å². The van der Waals surface area contributed by atoms with Crippen molar-refractivity contribution < 1.29 is 19.1 Å². The molecule has 7 heteroatoms. The molecule has 0 unspecified atom stereocenters. The molecule has 0 saturated carbocycles. The Balaban J connectivity index is 1.67. The number of esters is 1. The number of hydrazone groups is 1. The lowest BCUT2D eigenvalue weighted by Gasteiger charge is -2.12. The molecule has 0 bridgehead atoms. The molecule has 1 aliphatic heterocycles. The zero-order chi connectivity index (χ0) is 20.8. The van der Waals surface area contributed by atoms with Crippen molar-refractivity contribution in [2.45, 2.75) is 20.4 Å². The molecule has 0 N–H and O–H groups in total. The van der Waals surface area contributed by atoms with Gasteiger partial charge in [-0.15, -0.1) is 0 Å². The second-order valence-corrected chi connectivity index (χ2v) is 6.77. The molecule has 6 nitrogen and oxygen atoms in total. The van der Waals surface area contributed by atoms with E-state index in [0.717, 1.165) is 11.1 Å². The third-order valence-electron chi connectivity index (χ3n) is 4.26. The fraction of sp³-hybridized carbons (Fsp3) is 0.227. The van der Waals surface area contributed by atoms with E-state index in [4.69, 9.17) is 21.1 Å². The first-order chi connectivity index (χ1) is 14.0. The number of halogens is 1. The smallest absolute Gasteiger partial charge is 0.344 e. The average molecular weight is 413 g/mol. The Kier molecular flexibility index (Phi) is 6.67. The van der Waals surface area contributed by atoms with Gasteiger partial charge in [0.2, 0.25) is 0 Å². The number of amides is 1. The lowest BCUT2D eigenvalue weighted by molar-refractivity contribution is -0.145. The maximum atomic E-state index is 12.8. The summed E-state index contributed by atoms with van der Waals surface area (Å²) in [6.07, 6.45) is 1.78. The van der Waals surface area contributed by atoms with Crippen LogP contribution in [0.4, 0.5) is 0 Å². The largest absolute Gasteiger partial charge is 0.482 e. The molecule has 3 rings (SSSR count). The van der Waals surface area contributed by atoms with Crippen LogP contribution in [0.15, 0.2) is 59.2 Å². The van der Waals surface area contributed by atoms with Gasteiger partial charge in [0.05, 0.1) is 24.4 Å². The van der Waals surface area contributed by atoms with E-state index >= 15 is 0 Å². The molecule has 0 aromatic heterocycles. The Morgan fingerprint density at radius 1 is 1.17 bits per heavy atom. The highest BCUT2D eigenvalue weighted by Gasteiger charge is 2.27. The van der Waals surface area contributed by atoms with Crippen molar-refractivity contribution in [2.24, 2.45) is 5.10 Å². The highest BCUT2D eigenvalue weighted by atomic mass is 35.5. The molecular weight excluding hydrogens is 392 g/mol. The number of nitrogens with zero attached hydrogens (tertiary/aromatic N) is 2. The lowest BCUT2D eigenvalue weighted by Crippen LogP contribution is -2.21. The number of rotatable bonds is 7. The average Bonchev–Trinajstić information content (AvgIpc) is 2.97. The van der Waals surface area contributed by atoms with E-state index in [-0.39, 0.29) is 12.5 Å². The van der Waals surface area contributed by atoms with Crippen LogP contribution in [-0.4, -0.2) is 35.8 Å². The van der Waals surface area contributed by atoms with Crippen LogP contribution >= 0.6 is 11.6 Å². The van der Waals surface area contributed by atoms with Gasteiger partial charge < -0.3 is 9.47 Å². The van der Waals surface area contributed by atoms with Gasteiger partial charge in [0.25, 0.3) is 5.91 Å². The number of carbonyl (C=O) groups is 2. The minimum atomic E-state index is -0.416. The summed E-state index contributed by atoms with van der Waals surface area (Å²) in [5, 5.41) is 6.38. The molecule has 0 atom stereocenters. The van der Waals surface area contributed by atoms with Crippen molar-refractivity contribution in [3.05, 3.63) is 70.3 Å². The Labute approximate surface area is 174 Å². The van der Waals surface area contributed by atoms with Crippen LogP contribution in [0.25, 0.3) is 6.08 Å². The van der Waals surface area contributed by atoms with Crippen molar-refractivity contribution in [2.75, 3.05) is 13.2 Å². The lowest BCUT2D eigenvalue weighted by atomic mass is 10.1. The van der Waals surface area contributed by atoms with Crippen LogP contribution in [-0.2, 0) is 20.9 Å². The molecule has 0 radical (unpaired) electrons. The molecule has 0 saturated heterocycles. The first kappa shape index (κ1) is 20.6. The molecule has 0 fully saturated rings. The van der Waals surface area contributed by atoms with Gasteiger partial charge in [-0.3, -0.25) is 4.79 Å². The molecule has 2 aromatic rings. The molecule has 1 heterocycles. The fourth-order valence-electron chi connectivity index (χ4n) is 2.81. The van der Waals surface area contributed by atoms with Gasteiger partial charge in [0.15, 0.2) is 6.61 Å². The molecule has 0 aliphatic carbocycles. The molecule has 1 aliphatic rings. The van der Waals surface area contributed by atoms with E-state index in [2.05, 4.69) is 5.10 Å². The van der Waals surface area contributed by atoms with Crippen LogP contribution in [0.3, 0.4) is 0 Å². The zero-order valence-electron chi connectivity index (χ0n) is 16.2. The summed E-state index contributed by atoms with van der Waals surface area (Å²) in [6.45, 7) is 4.03. The van der Waals surface area contributed by atoms with Crippen molar-refractivity contribution in [3.8, 4) is 5.75 Å². The van der Waals surface area contributed by atoms with Crippen molar-refractivity contribution >= 4 is 35.3 Å². The molecule has 1 amide bonds. The predicted molar refractivity (Wildman–Crippen MR) is 112 cm³/mol. The van der Waals surface area contributed by atoms with Crippen LogP contribution in [0, 0.1) is 0 Å². The summed E-state index contributed by atoms with van der Waals surface area (Å²) in [5.41, 5.74) is 2.83. The van der Waals surface area contributed by atoms with Gasteiger partial charge in [-0.25, -0.2) is 9.80 Å². The third-order valence-corrected chi connectivity index (χ3v) is 4.63. The number of benzene rings is 2. The van der Waals surface area contributed by atoms with E-state index in [9.17, 15) is 9.59 Å². The number of ether oxygens (including phenoxy) is 2. The maximum Gasteiger partial charge on any atom is 0.344 e. The van der Waals surface area contributed by atoms with Crippen molar-refractivity contribution in [1.82, 2.24) is 5.01 Å². The molecule has 2 aromatic carbocycles. The molecular formula is C22H21ClN2O4. The topological polar surface area (TPSA) is 68.2 Å². The van der Waals surface area contributed by atoms with Gasteiger partial charge >= 0.3 is 5.97 Å². The van der Waals surface area contributed by atoms with E-state index < -0.39 is 5.97 Å². The summed E-state index contributed by atoms with van der Waals surface area (Å²) < 4.78 is 10.2. The van der Waals surface area contributed by atoms with Gasteiger partial charge in [-0.1, -0.05) is 41.9 Å². The number of hydrogen-bond donors (Lipinski definition) is 0. The summed E-state index contributed by atoms with van der Waals surface area (Å²) in [7, 11) is 0. The standard InChI is InChI=1S/C22H21ClN2O4/c1-3-28-21(26)14-29-18-10-8-16(9-11-18)12-19-15(2)24-25(22(19)27)13-17-6-4-5-7-20(17)23/h4-12H,3,13-14H2,1-2H3/b19-12-.